The maximum absolute atomic E-state index is 12.6. The van der Waals surface area contributed by atoms with Crippen molar-refractivity contribution in [3.05, 3.63) is 89.0 Å². The van der Waals surface area contributed by atoms with Crippen LogP contribution >= 0.6 is 0 Å². The number of hydrogen-bond donors (Lipinski definition) is 0. The zero-order valence-electron chi connectivity index (χ0n) is 13.7. The summed E-state index contributed by atoms with van der Waals surface area (Å²) >= 11 is 0. The van der Waals surface area contributed by atoms with E-state index in [1.807, 2.05) is 60.7 Å². The molecule has 24 heavy (non-hydrogen) atoms. The van der Waals surface area contributed by atoms with Crippen molar-refractivity contribution in [2.24, 2.45) is 5.92 Å². The van der Waals surface area contributed by atoms with E-state index in [2.05, 4.69) is 19.1 Å². The van der Waals surface area contributed by atoms with Gasteiger partial charge in [-0.3, -0.25) is 4.79 Å². The summed E-state index contributed by atoms with van der Waals surface area (Å²) in [6.07, 6.45) is 4.56. The van der Waals surface area contributed by atoms with Crippen molar-refractivity contribution in [1.29, 1.82) is 0 Å². The second kappa shape index (κ2) is 5.88. The largest absolute Gasteiger partial charge is 0.365 e. The fourth-order valence-electron chi connectivity index (χ4n) is 3.86. The lowest BCUT2D eigenvalue weighted by Gasteiger charge is -2.26. The molecule has 2 aromatic carbocycles. The summed E-state index contributed by atoms with van der Waals surface area (Å²) in [6, 6.07) is 20.3. The van der Waals surface area contributed by atoms with E-state index in [4.69, 9.17) is 4.74 Å². The molecule has 4 rings (SSSR count). The Hall–Kier alpha value is -2.45. The van der Waals surface area contributed by atoms with Crippen LogP contribution in [0.3, 0.4) is 0 Å². The summed E-state index contributed by atoms with van der Waals surface area (Å²) < 4.78 is 6.18. The van der Waals surface area contributed by atoms with E-state index >= 15 is 0 Å². The van der Waals surface area contributed by atoms with Gasteiger partial charge < -0.3 is 4.74 Å². The standard InChI is InChI=1S/C22H20O2/c1-22(18-10-6-3-7-11-18)21-17(15-24-22)14-20(23)19(21)13-12-16-8-4-2-5-9-16/h2-13,17H,14-15H2,1H3/b13-12+/t17-,22-/m1/s1. The minimum Gasteiger partial charge on any atom is -0.365 e. The van der Waals surface area contributed by atoms with Gasteiger partial charge in [-0.2, -0.15) is 0 Å². The number of Topliss-reactive ketones (excluding diaryl/α,β-unsaturated/α-hetero) is 1. The van der Waals surface area contributed by atoms with Crippen LogP contribution < -0.4 is 0 Å². The number of benzene rings is 2. The number of rotatable bonds is 3. The van der Waals surface area contributed by atoms with Crippen molar-refractivity contribution in [3.63, 3.8) is 0 Å². The Labute approximate surface area is 142 Å². The average molecular weight is 316 g/mol. The van der Waals surface area contributed by atoms with Gasteiger partial charge in [0.15, 0.2) is 5.78 Å². The minimum absolute atomic E-state index is 0.207. The van der Waals surface area contributed by atoms with Gasteiger partial charge in [0.05, 0.1) is 6.61 Å². The summed E-state index contributed by atoms with van der Waals surface area (Å²) in [7, 11) is 0. The second-order valence-corrected chi connectivity index (χ2v) is 6.61. The number of allylic oxidation sites excluding steroid dienone is 2. The highest BCUT2D eigenvalue weighted by Gasteiger charge is 2.49. The molecule has 2 atom stereocenters. The van der Waals surface area contributed by atoms with Crippen LogP contribution in [-0.2, 0) is 15.1 Å². The molecule has 1 heterocycles. The van der Waals surface area contributed by atoms with Gasteiger partial charge >= 0.3 is 0 Å². The van der Waals surface area contributed by atoms with Gasteiger partial charge in [-0.1, -0.05) is 72.8 Å². The molecule has 0 bridgehead atoms. The molecule has 2 aliphatic rings. The van der Waals surface area contributed by atoms with Crippen LogP contribution in [0.1, 0.15) is 24.5 Å². The van der Waals surface area contributed by atoms with Crippen LogP contribution in [0, 0.1) is 5.92 Å². The summed E-state index contributed by atoms with van der Waals surface area (Å²) in [6.45, 7) is 2.71. The zero-order valence-corrected chi connectivity index (χ0v) is 13.7. The molecule has 1 aliphatic heterocycles. The van der Waals surface area contributed by atoms with E-state index < -0.39 is 5.60 Å². The summed E-state index contributed by atoms with van der Waals surface area (Å²) in [5.41, 5.74) is 3.68. The van der Waals surface area contributed by atoms with Crippen molar-refractivity contribution < 1.29 is 9.53 Å². The topological polar surface area (TPSA) is 26.3 Å². The Balaban J connectivity index is 1.78. The number of carbonyl (C=O) groups is 1. The predicted molar refractivity (Wildman–Crippen MR) is 95.4 cm³/mol. The summed E-state index contributed by atoms with van der Waals surface area (Å²) in [5, 5.41) is 0. The van der Waals surface area contributed by atoms with Crippen LogP contribution in [0.2, 0.25) is 0 Å². The van der Waals surface area contributed by atoms with Crippen LogP contribution in [0.15, 0.2) is 77.9 Å². The Morgan fingerprint density at radius 1 is 1.00 bits per heavy atom. The number of carbonyl (C=O) groups excluding carboxylic acids is 1. The van der Waals surface area contributed by atoms with Crippen LogP contribution in [0.5, 0.6) is 0 Å². The Morgan fingerprint density at radius 3 is 2.38 bits per heavy atom. The van der Waals surface area contributed by atoms with E-state index in [1.165, 1.54) is 0 Å². The molecule has 0 amide bonds. The van der Waals surface area contributed by atoms with Gasteiger partial charge in [-0.15, -0.1) is 0 Å². The number of ether oxygens (including phenoxy) is 1. The van der Waals surface area contributed by atoms with Crippen LogP contribution in [-0.4, -0.2) is 12.4 Å². The van der Waals surface area contributed by atoms with Gasteiger partial charge in [0.1, 0.15) is 5.60 Å². The highest BCUT2D eigenvalue weighted by atomic mass is 16.5. The maximum Gasteiger partial charge on any atom is 0.163 e. The van der Waals surface area contributed by atoms with E-state index in [-0.39, 0.29) is 11.7 Å². The van der Waals surface area contributed by atoms with Crippen molar-refractivity contribution in [3.8, 4) is 0 Å². The molecule has 0 spiro atoms. The molecule has 0 aromatic heterocycles. The first kappa shape index (κ1) is 15.1. The first-order chi connectivity index (χ1) is 11.7. The molecule has 0 saturated carbocycles. The van der Waals surface area contributed by atoms with E-state index in [0.717, 1.165) is 22.3 Å². The Bertz CT molecular complexity index is 818. The third-order valence-corrected chi connectivity index (χ3v) is 5.08. The fourth-order valence-corrected chi connectivity index (χ4v) is 3.86. The van der Waals surface area contributed by atoms with Crippen molar-refractivity contribution in [1.82, 2.24) is 0 Å². The van der Waals surface area contributed by atoms with Gasteiger partial charge in [0.2, 0.25) is 0 Å². The van der Waals surface area contributed by atoms with Crippen LogP contribution in [0.25, 0.3) is 6.08 Å². The number of hydrogen-bond acceptors (Lipinski definition) is 2. The number of ketones is 1. The Kier molecular flexibility index (Phi) is 3.70. The third-order valence-electron chi connectivity index (χ3n) is 5.08. The lowest BCUT2D eigenvalue weighted by molar-refractivity contribution is -0.115. The molecule has 0 radical (unpaired) electrons. The van der Waals surface area contributed by atoms with Crippen molar-refractivity contribution >= 4 is 11.9 Å². The zero-order chi connectivity index (χ0) is 16.6. The predicted octanol–water partition coefficient (Wildman–Crippen LogP) is 4.53. The van der Waals surface area contributed by atoms with Gasteiger partial charge in [0, 0.05) is 17.9 Å². The molecule has 1 fully saturated rings. The highest BCUT2D eigenvalue weighted by molar-refractivity contribution is 6.03. The molecule has 2 heteroatoms. The quantitative estimate of drug-likeness (QED) is 0.831. The first-order valence-electron chi connectivity index (χ1n) is 8.39. The van der Waals surface area contributed by atoms with Gasteiger partial charge in [-0.05, 0) is 23.6 Å². The molecule has 1 aliphatic carbocycles. The molecule has 2 aromatic rings. The summed E-state index contributed by atoms with van der Waals surface area (Å²) in [4.78, 5) is 12.6. The molecule has 0 unspecified atom stereocenters. The summed E-state index contributed by atoms with van der Waals surface area (Å²) in [5.74, 6) is 0.436. The molecule has 120 valence electrons. The lowest BCUT2D eigenvalue weighted by atomic mass is 9.83. The first-order valence-corrected chi connectivity index (χ1v) is 8.39. The average Bonchev–Trinajstić information content (AvgIpc) is 3.12. The third kappa shape index (κ3) is 2.44. The smallest absolute Gasteiger partial charge is 0.163 e. The molecule has 1 saturated heterocycles. The van der Waals surface area contributed by atoms with E-state index in [0.29, 0.717) is 13.0 Å². The SMILES string of the molecule is C[C@]1(c2ccccc2)OC[C@H]2CC(=O)C(/C=C/c3ccccc3)=C21. The van der Waals surface area contributed by atoms with E-state index in [9.17, 15) is 4.79 Å². The Morgan fingerprint density at radius 2 is 1.67 bits per heavy atom. The molecular weight excluding hydrogens is 296 g/mol. The normalized spacial score (nSPS) is 26.4. The van der Waals surface area contributed by atoms with Crippen molar-refractivity contribution in [2.45, 2.75) is 18.9 Å². The van der Waals surface area contributed by atoms with Crippen molar-refractivity contribution in [2.75, 3.05) is 6.61 Å². The number of fused-ring (bicyclic) bond motifs is 1. The highest BCUT2D eigenvalue weighted by Crippen LogP contribution is 2.50. The monoisotopic (exact) mass is 316 g/mol. The molecule has 2 nitrogen and oxygen atoms in total. The van der Waals surface area contributed by atoms with E-state index in [1.54, 1.807) is 0 Å². The minimum atomic E-state index is -0.506. The second-order valence-electron chi connectivity index (χ2n) is 6.61. The van der Waals surface area contributed by atoms with Crippen LogP contribution in [0.4, 0.5) is 0 Å². The molecule has 0 N–H and O–H groups in total. The van der Waals surface area contributed by atoms with Gasteiger partial charge in [-0.25, -0.2) is 0 Å². The van der Waals surface area contributed by atoms with Gasteiger partial charge in [0.25, 0.3) is 0 Å². The molecular formula is C22H20O2. The lowest BCUT2D eigenvalue weighted by Crippen LogP contribution is -2.23. The fraction of sp³-hybridized carbons (Fsp3) is 0.227. The maximum atomic E-state index is 12.6.